The molecule has 0 fully saturated rings. The maximum absolute atomic E-state index is 6.26. The van der Waals surface area contributed by atoms with Gasteiger partial charge in [-0.15, -0.1) is 5.10 Å². The Morgan fingerprint density at radius 3 is 3.06 bits per heavy atom. The number of aliphatic imine (C=N–C) groups is 1. The Morgan fingerprint density at radius 1 is 1.41 bits per heavy atom. The molecule has 0 radical (unpaired) electrons. The minimum atomic E-state index is 0.560. The molecule has 0 aromatic carbocycles. The summed E-state index contributed by atoms with van der Waals surface area (Å²) in [7, 11) is 0. The van der Waals surface area contributed by atoms with E-state index >= 15 is 0 Å². The Bertz CT molecular complexity index is 644. The third-order valence-electron chi connectivity index (χ3n) is 2.63. The monoisotopic (exact) mass is 310 g/mol. The molecule has 0 saturated heterocycles. The van der Waals surface area contributed by atoms with Crippen LogP contribution in [-0.2, 0) is 0 Å². The van der Waals surface area contributed by atoms with Gasteiger partial charge in [-0.05, 0) is 21.5 Å². The minimum Gasteiger partial charge on any atom is -0.293 e. The van der Waals surface area contributed by atoms with Crippen LogP contribution in [0.1, 0.15) is 12.0 Å². The molecule has 0 saturated carbocycles. The van der Waals surface area contributed by atoms with Crippen LogP contribution in [0, 0.1) is 0 Å². The number of hydrogen-bond donors (Lipinski definition) is 0. The summed E-state index contributed by atoms with van der Waals surface area (Å²) in [5.74, 6) is 0. The summed E-state index contributed by atoms with van der Waals surface area (Å²) in [4.78, 5) is 8.36. The average Bonchev–Trinajstić information content (AvgIpc) is 2.68. The van der Waals surface area contributed by atoms with Crippen molar-refractivity contribution in [1.29, 1.82) is 0 Å². The minimum absolute atomic E-state index is 0.560. The predicted octanol–water partition coefficient (Wildman–Crippen LogP) is 3.00. The van der Waals surface area contributed by atoms with Gasteiger partial charge >= 0.3 is 0 Å². The second-order valence-electron chi connectivity index (χ2n) is 3.70. The van der Waals surface area contributed by atoms with Crippen molar-refractivity contribution in [3.05, 3.63) is 33.7 Å². The van der Waals surface area contributed by atoms with Gasteiger partial charge in [0.1, 0.15) is 0 Å². The normalized spacial score (nSPS) is 15.3. The maximum atomic E-state index is 6.26. The molecule has 2 aromatic rings. The summed E-state index contributed by atoms with van der Waals surface area (Å²) < 4.78 is 2.28. The number of dihydropyridines is 1. The van der Waals surface area contributed by atoms with Crippen LogP contribution >= 0.6 is 27.5 Å². The van der Waals surface area contributed by atoms with Crippen molar-refractivity contribution in [3.63, 3.8) is 0 Å². The fraction of sp³-hybridized carbons (Fsp3) is 0.182. The number of fused-ring (bicyclic) bond motifs is 1. The van der Waals surface area contributed by atoms with Crippen molar-refractivity contribution in [2.24, 2.45) is 4.99 Å². The highest BCUT2D eigenvalue weighted by molar-refractivity contribution is 9.10. The van der Waals surface area contributed by atoms with E-state index < -0.39 is 0 Å². The van der Waals surface area contributed by atoms with Gasteiger partial charge in [-0.1, -0.05) is 17.7 Å². The van der Waals surface area contributed by atoms with E-state index in [9.17, 15) is 0 Å². The van der Waals surface area contributed by atoms with Crippen LogP contribution in [0.2, 0.25) is 5.02 Å². The zero-order chi connectivity index (χ0) is 11.8. The lowest BCUT2D eigenvalue weighted by Crippen LogP contribution is -1.98. The quantitative estimate of drug-likeness (QED) is 0.812. The topological polar surface area (TPSA) is 42.5 Å². The van der Waals surface area contributed by atoms with Crippen LogP contribution in [-0.4, -0.2) is 27.4 Å². The van der Waals surface area contributed by atoms with E-state index in [-0.39, 0.29) is 0 Å². The molecular formula is C11H8BrClN4. The Labute approximate surface area is 111 Å². The lowest BCUT2D eigenvalue weighted by molar-refractivity contribution is 0.941. The molecule has 0 spiro atoms. The van der Waals surface area contributed by atoms with Gasteiger partial charge in [0.05, 0.1) is 11.6 Å². The molecule has 0 bridgehead atoms. The molecule has 86 valence electrons. The molecule has 1 aliphatic rings. The fourth-order valence-corrected chi connectivity index (χ4v) is 2.44. The van der Waals surface area contributed by atoms with Crippen LogP contribution in [0.15, 0.2) is 28.1 Å². The van der Waals surface area contributed by atoms with Crippen LogP contribution in [0.5, 0.6) is 0 Å². The number of hydrogen-bond acceptors (Lipinski definition) is 3. The fourth-order valence-electron chi connectivity index (χ4n) is 1.82. The average molecular weight is 312 g/mol. The number of aromatic nitrogens is 3. The first-order valence-electron chi connectivity index (χ1n) is 5.13. The molecule has 4 nitrogen and oxygen atoms in total. The number of rotatable bonds is 1. The van der Waals surface area contributed by atoms with Crippen molar-refractivity contribution < 1.29 is 0 Å². The second-order valence-corrected chi connectivity index (χ2v) is 4.82. The summed E-state index contributed by atoms with van der Waals surface area (Å²) in [6.07, 6.45) is 6.70. The summed E-state index contributed by atoms with van der Waals surface area (Å²) in [5.41, 5.74) is 2.90. The van der Waals surface area contributed by atoms with E-state index in [2.05, 4.69) is 37.1 Å². The lowest BCUT2D eigenvalue weighted by Gasteiger charge is -2.10. The number of halogens is 2. The first kappa shape index (κ1) is 10.9. The number of pyridine rings is 1. The highest BCUT2D eigenvalue weighted by Crippen LogP contribution is 2.28. The van der Waals surface area contributed by atoms with E-state index in [1.807, 2.05) is 18.5 Å². The zero-order valence-corrected chi connectivity index (χ0v) is 11.1. The third-order valence-corrected chi connectivity index (χ3v) is 3.27. The van der Waals surface area contributed by atoms with Gasteiger partial charge in [0.15, 0.2) is 5.65 Å². The largest absolute Gasteiger partial charge is 0.293 e. The standard InChI is InChI=1S/C11H8BrClN4/c12-11-15-10-5-9(13)8(6-17(10)16-11)7-1-3-14-4-2-7/h1,4-6H,2-3H2. The molecule has 0 unspecified atom stereocenters. The maximum Gasteiger partial charge on any atom is 0.218 e. The molecule has 0 amide bonds. The van der Waals surface area contributed by atoms with E-state index in [1.165, 1.54) is 5.57 Å². The molecule has 1 aliphatic heterocycles. The van der Waals surface area contributed by atoms with Gasteiger partial charge in [0.25, 0.3) is 0 Å². The third kappa shape index (κ3) is 2.00. The summed E-state index contributed by atoms with van der Waals surface area (Å²) in [6, 6.07) is 1.82. The van der Waals surface area contributed by atoms with E-state index in [1.54, 1.807) is 4.52 Å². The van der Waals surface area contributed by atoms with Crippen molar-refractivity contribution in [1.82, 2.24) is 14.6 Å². The van der Waals surface area contributed by atoms with Gasteiger partial charge in [-0.2, -0.15) is 0 Å². The van der Waals surface area contributed by atoms with E-state index in [4.69, 9.17) is 11.6 Å². The van der Waals surface area contributed by atoms with Crippen molar-refractivity contribution >= 4 is 45.0 Å². The molecule has 17 heavy (non-hydrogen) atoms. The molecule has 0 atom stereocenters. The molecule has 2 aromatic heterocycles. The van der Waals surface area contributed by atoms with Gasteiger partial charge < -0.3 is 0 Å². The molecule has 6 heteroatoms. The second kappa shape index (κ2) is 4.23. The number of allylic oxidation sites excluding steroid dienone is 1. The van der Waals surface area contributed by atoms with Crippen molar-refractivity contribution in [2.75, 3.05) is 6.54 Å². The first-order chi connectivity index (χ1) is 8.24. The van der Waals surface area contributed by atoms with E-state index in [0.717, 1.165) is 17.6 Å². The SMILES string of the molecule is Clc1cc2nc(Br)nn2cc1C1=CCN=CC1. The van der Waals surface area contributed by atoms with Crippen LogP contribution in [0.25, 0.3) is 11.2 Å². The predicted molar refractivity (Wildman–Crippen MR) is 71.7 cm³/mol. The van der Waals surface area contributed by atoms with Crippen LogP contribution in [0.3, 0.4) is 0 Å². The highest BCUT2D eigenvalue weighted by atomic mass is 79.9. The van der Waals surface area contributed by atoms with Gasteiger partial charge in [0, 0.05) is 30.5 Å². The molecule has 3 rings (SSSR count). The molecular weight excluding hydrogens is 304 g/mol. The summed E-state index contributed by atoms with van der Waals surface area (Å²) in [5, 5.41) is 4.91. The van der Waals surface area contributed by atoms with Gasteiger partial charge in [0.2, 0.25) is 4.73 Å². The van der Waals surface area contributed by atoms with Crippen molar-refractivity contribution in [2.45, 2.75) is 6.42 Å². The number of nitrogens with zero attached hydrogens (tertiary/aromatic N) is 4. The molecule has 0 N–H and O–H groups in total. The summed E-state index contributed by atoms with van der Waals surface area (Å²) in [6.45, 7) is 0.713. The zero-order valence-electron chi connectivity index (χ0n) is 8.77. The Morgan fingerprint density at radius 2 is 2.29 bits per heavy atom. The van der Waals surface area contributed by atoms with Gasteiger partial charge in [-0.25, -0.2) is 9.50 Å². The Balaban J connectivity index is 2.15. The summed E-state index contributed by atoms with van der Waals surface area (Å²) >= 11 is 9.51. The van der Waals surface area contributed by atoms with Crippen LogP contribution < -0.4 is 0 Å². The van der Waals surface area contributed by atoms with Gasteiger partial charge in [-0.3, -0.25) is 4.99 Å². The van der Waals surface area contributed by atoms with Crippen molar-refractivity contribution in [3.8, 4) is 0 Å². The first-order valence-corrected chi connectivity index (χ1v) is 6.30. The smallest absolute Gasteiger partial charge is 0.218 e. The Hall–Kier alpha value is -1.20. The Kier molecular flexibility index (Phi) is 2.72. The highest BCUT2D eigenvalue weighted by Gasteiger charge is 2.11. The van der Waals surface area contributed by atoms with Crippen LogP contribution in [0.4, 0.5) is 0 Å². The van der Waals surface area contributed by atoms with E-state index in [0.29, 0.717) is 16.3 Å². The molecule has 3 heterocycles. The lowest BCUT2D eigenvalue weighted by atomic mass is 10.0. The molecule has 0 aliphatic carbocycles.